The SMILES string of the molecule is CCNC(=NCC1(CC)CCCC1)NCC(C)C(=O)OC. The molecule has 0 spiro atoms. The van der Waals surface area contributed by atoms with Crippen molar-refractivity contribution in [3.63, 3.8) is 0 Å². The van der Waals surface area contributed by atoms with E-state index < -0.39 is 0 Å². The maximum atomic E-state index is 11.4. The maximum absolute atomic E-state index is 11.4. The van der Waals surface area contributed by atoms with Crippen LogP contribution in [-0.4, -0.2) is 38.7 Å². The third kappa shape index (κ3) is 5.56. The number of hydrogen-bond donors (Lipinski definition) is 2. The zero-order chi connectivity index (χ0) is 15.7. The Morgan fingerprint density at radius 1 is 1.29 bits per heavy atom. The molecule has 21 heavy (non-hydrogen) atoms. The van der Waals surface area contributed by atoms with Crippen LogP contribution in [0.3, 0.4) is 0 Å². The van der Waals surface area contributed by atoms with E-state index in [-0.39, 0.29) is 11.9 Å². The Morgan fingerprint density at radius 2 is 1.95 bits per heavy atom. The molecular formula is C16H31N3O2. The Balaban J connectivity index is 2.55. The first-order valence-electron chi connectivity index (χ1n) is 8.17. The number of ether oxygens (including phenoxy) is 1. The van der Waals surface area contributed by atoms with Gasteiger partial charge < -0.3 is 15.4 Å². The van der Waals surface area contributed by atoms with E-state index in [1.54, 1.807) is 0 Å². The second kappa shape index (κ2) is 8.90. The summed E-state index contributed by atoms with van der Waals surface area (Å²) in [4.78, 5) is 16.2. The molecule has 1 aliphatic rings. The lowest BCUT2D eigenvalue weighted by molar-refractivity contribution is -0.144. The summed E-state index contributed by atoms with van der Waals surface area (Å²) in [6.07, 6.45) is 6.41. The number of nitrogens with zero attached hydrogens (tertiary/aromatic N) is 1. The second-order valence-electron chi connectivity index (χ2n) is 6.06. The lowest BCUT2D eigenvalue weighted by atomic mass is 9.84. The van der Waals surface area contributed by atoms with Crippen LogP contribution in [0.4, 0.5) is 0 Å². The highest BCUT2D eigenvalue weighted by Gasteiger charge is 2.31. The number of esters is 1. The molecule has 1 saturated carbocycles. The van der Waals surface area contributed by atoms with E-state index >= 15 is 0 Å². The van der Waals surface area contributed by atoms with Crippen LogP contribution in [0, 0.1) is 11.3 Å². The molecule has 1 rings (SSSR count). The van der Waals surface area contributed by atoms with Crippen molar-refractivity contribution >= 4 is 11.9 Å². The molecule has 0 aliphatic heterocycles. The fourth-order valence-electron chi connectivity index (χ4n) is 2.87. The summed E-state index contributed by atoms with van der Waals surface area (Å²) in [6, 6.07) is 0. The molecule has 0 amide bonds. The van der Waals surface area contributed by atoms with Crippen molar-refractivity contribution in [2.75, 3.05) is 26.7 Å². The van der Waals surface area contributed by atoms with Crippen molar-refractivity contribution in [3.8, 4) is 0 Å². The molecule has 1 fully saturated rings. The highest BCUT2D eigenvalue weighted by molar-refractivity contribution is 5.80. The van der Waals surface area contributed by atoms with Gasteiger partial charge in [-0.3, -0.25) is 9.79 Å². The first-order chi connectivity index (χ1) is 10.1. The monoisotopic (exact) mass is 297 g/mol. The van der Waals surface area contributed by atoms with E-state index in [2.05, 4.69) is 17.6 Å². The van der Waals surface area contributed by atoms with Crippen molar-refractivity contribution in [2.45, 2.75) is 52.9 Å². The second-order valence-corrected chi connectivity index (χ2v) is 6.06. The molecule has 0 aromatic carbocycles. The Morgan fingerprint density at radius 3 is 2.48 bits per heavy atom. The first kappa shape index (κ1) is 17.8. The zero-order valence-corrected chi connectivity index (χ0v) is 14.0. The summed E-state index contributed by atoms with van der Waals surface area (Å²) < 4.78 is 4.74. The number of carbonyl (C=O) groups excluding carboxylic acids is 1. The number of carbonyl (C=O) groups is 1. The number of guanidine groups is 1. The molecule has 1 atom stereocenters. The molecule has 2 N–H and O–H groups in total. The minimum atomic E-state index is -0.195. The normalized spacial score (nSPS) is 19.1. The van der Waals surface area contributed by atoms with Gasteiger partial charge in [0.2, 0.25) is 0 Å². The summed E-state index contributed by atoms with van der Waals surface area (Å²) in [5.41, 5.74) is 0.385. The minimum absolute atomic E-state index is 0.175. The minimum Gasteiger partial charge on any atom is -0.469 e. The number of nitrogens with one attached hydrogen (secondary N) is 2. The summed E-state index contributed by atoms with van der Waals surface area (Å²) in [5.74, 6) is 0.428. The van der Waals surface area contributed by atoms with Gasteiger partial charge >= 0.3 is 5.97 Å². The molecule has 0 bridgehead atoms. The van der Waals surface area contributed by atoms with Gasteiger partial charge in [0, 0.05) is 19.6 Å². The maximum Gasteiger partial charge on any atom is 0.310 e. The summed E-state index contributed by atoms with van der Waals surface area (Å²) in [5, 5.41) is 6.49. The smallest absolute Gasteiger partial charge is 0.310 e. The van der Waals surface area contributed by atoms with Gasteiger partial charge in [-0.15, -0.1) is 0 Å². The summed E-state index contributed by atoms with van der Waals surface area (Å²) >= 11 is 0. The van der Waals surface area contributed by atoms with Crippen molar-refractivity contribution < 1.29 is 9.53 Å². The number of aliphatic imine (C=N–C) groups is 1. The van der Waals surface area contributed by atoms with Crippen LogP contribution in [0.25, 0.3) is 0 Å². The van der Waals surface area contributed by atoms with Crippen LogP contribution in [0.5, 0.6) is 0 Å². The van der Waals surface area contributed by atoms with Gasteiger partial charge in [0.25, 0.3) is 0 Å². The third-order valence-corrected chi connectivity index (χ3v) is 4.51. The van der Waals surface area contributed by atoms with Gasteiger partial charge in [0.1, 0.15) is 0 Å². The fourth-order valence-corrected chi connectivity index (χ4v) is 2.87. The topological polar surface area (TPSA) is 62.7 Å². The van der Waals surface area contributed by atoms with E-state index in [0.717, 1.165) is 19.0 Å². The average molecular weight is 297 g/mol. The molecule has 122 valence electrons. The fraction of sp³-hybridized carbons (Fsp3) is 0.875. The predicted octanol–water partition coefficient (Wildman–Crippen LogP) is 2.32. The Kier molecular flexibility index (Phi) is 7.54. The third-order valence-electron chi connectivity index (χ3n) is 4.51. The highest BCUT2D eigenvalue weighted by atomic mass is 16.5. The van der Waals surface area contributed by atoms with Crippen LogP contribution in [-0.2, 0) is 9.53 Å². The molecule has 0 saturated heterocycles. The average Bonchev–Trinajstić information content (AvgIpc) is 2.98. The molecular weight excluding hydrogens is 266 g/mol. The van der Waals surface area contributed by atoms with Crippen LogP contribution in [0.2, 0.25) is 0 Å². The first-order valence-corrected chi connectivity index (χ1v) is 8.17. The molecule has 0 aromatic heterocycles. The number of methoxy groups -OCH3 is 1. The van der Waals surface area contributed by atoms with Gasteiger partial charge in [0.15, 0.2) is 5.96 Å². The standard InChI is InChI=1S/C16H31N3O2/c1-5-16(9-7-8-10-16)12-19-15(17-6-2)18-11-13(3)14(20)21-4/h13H,5-12H2,1-4H3,(H2,17,18,19). The Bertz CT molecular complexity index is 349. The summed E-state index contributed by atoms with van der Waals surface area (Å²) in [6.45, 7) is 8.39. The van der Waals surface area contributed by atoms with Gasteiger partial charge in [-0.05, 0) is 31.6 Å². The van der Waals surface area contributed by atoms with Crippen molar-refractivity contribution in [3.05, 3.63) is 0 Å². The Hall–Kier alpha value is -1.26. The van der Waals surface area contributed by atoms with Crippen LogP contribution < -0.4 is 10.6 Å². The van der Waals surface area contributed by atoms with Crippen LogP contribution >= 0.6 is 0 Å². The number of rotatable bonds is 7. The van der Waals surface area contributed by atoms with Crippen molar-refractivity contribution in [1.82, 2.24) is 10.6 Å². The van der Waals surface area contributed by atoms with Gasteiger partial charge in [-0.1, -0.05) is 26.7 Å². The van der Waals surface area contributed by atoms with Crippen molar-refractivity contribution in [1.29, 1.82) is 0 Å². The number of hydrogen-bond acceptors (Lipinski definition) is 3. The van der Waals surface area contributed by atoms with Gasteiger partial charge in [0.05, 0.1) is 13.0 Å². The molecule has 0 aromatic rings. The molecule has 1 aliphatic carbocycles. The molecule has 0 radical (unpaired) electrons. The molecule has 5 nitrogen and oxygen atoms in total. The molecule has 1 unspecified atom stereocenters. The lowest BCUT2D eigenvalue weighted by Gasteiger charge is -2.25. The van der Waals surface area contributed by atoms with Gasteiger partial charge in [-0.25, -0.2) is 0 Å². The molecule has 0 heterocycles. The zero-order valence-electron chi connectivity index (χ0n) is 14.0. The van der Waals surface area contributed by atoms with Crippen molar-refractivity contribution in [2.24, 2.45) is 16.3 Å². The molecule has 5 heteroatoms. The largest absolute Gasteiger partial charge is 0.469 e. The quantitative estimate of drug-likeness (QED) is 0.430. The highest BCUT2D eigenvalue weighted by Crippen LogP contribution is 2.41. The Labute approximate surface area is 128 Å². The van der Waals surface area contributed by atoms with E-state index in [9.17, 15) is 4.79 Å². The van der Waals surface area contributed by atoms with E-state index in [4.69, 9.17) is 9.73 Å². The van der Waals surface area contributed by atoms with Gasteiger partial charge in [-0.2, -0.15) is 0 Å². The van der Waals surface area contributed by atoms with Crippen LogP contribution in [0.15, 0.2) is 4.99 Å². The van der Waals surface area contributed by atoms with E-state index in [1.165, 1.54) is 39.2 Å². The lowest BCUT2D eigenvalue weighted by Crippen LogP contribution is -2.41. The summed E-state index contributed by atoms with van der Waals surface area (Å²) in [7, 11) is 1.42. The van der Waals surface area contributed by atoms with E-state index in [0.29, 0.717) is 12.0 Å². The van der Waals surface area contributed by atoms with Crippen LogP contribution in [0.1, 0.15) is 52.9 Å². The predicted molar refractivity (Wildman–Crippen MR) is 86.4 cm³/mol. The van der Waals surface area contributed by atoms with E-state index in [1.807, 2.05) is 13.8 Å².